The Labute approximate surface area is 119 Å². The van der Waals surface area contributed by atoms with Gasteiger partial charge in [0.15, 0.2) is 0 Å². The fourth-order valence-corrected chi connectivity index (χ4v) is 1.89. The van der Waals surface area contributed by atoms with Gasteiger partial charge in [0, 0.05) is 11.4 Å². The second-order valence-corrected chi connectivity index (χ2v) is 4.47. The minimum absolute atomic E-state index is 0.0313. The van der Waals surface area contributed by atoms with Gasteiger partial charge in [-0.25, -0.2) is 0 Å². The lowest BCUT2D eigenvalue weighted by Crippen LogP contribution is -1.86. The Hall–Kier alpha value is -3.22. The molecule has 0 amide bonds. The van der Waals surface area contributed by atoms with Crippen LogP contribution in [0.25, 0.3) is 22.9 Å². The number of phenols is 2. The molecule has 6 N–H and O–H groups in total. The first-order chi connectivity index (χ1) is 10.0. The molecule has 0 unspecified atom stereocenters. The molecule has 3 rings (SSSR count). The minimum atomic E-state index is -0.0313. The molecule has 0 bridgehead atoms. The van der Waals surface area contributed by atoms with Crippen molar-refractivity contribution in [1.82, 2.24) is 10.2 Å². The summed E-state index contributed by atoms with van der Waals surface area (Å²) < 4.78 is 5.47. The first-order valence-electron chi connectivity index (χ1n) is 6.06. The van der Waals surface area contributed by atoms with Gasteiger partial charge >= 0.3 is 0 Å². The van der Waals surface area contributed by atoms with E-state index in [0.717, 1.165) is 0 Å². The predicted molar refractivity (Wildman–Crippen MR) is 77.3 cm³/mol. The SMILES string of the molecule is Nc1ccc(O)c(-c2nnc(-c3cc(N)ccc3O)o2)c1. The van der Waals surface area contributed by atoms with Gasteiger partial charge in [0.25, 0.3) is 11.8 Å². The molecule has 21 heavy (non-hydrogen) atoms. The molecule has 0 aliphatic carbocycles. The van der Waals surface area contributed by atoms with Crippen LogP contribution in [0.1, 0.15) is 0 Å². The van der Waals surface area contributed by atoms with Gasteiger partial charge in [0.2, 0.25) is 0 Å². The fourth-order valence-electron chi connectivity index (χ4n) is 1.89. The van der Waals surface area contributed by atoms with Gasteiger partial charge in [-0.1, -0.05) is 0 Å². The highest BCUT2D eigenvalue weighted by atomic mass is 16.4. The van der Waals surface area contributed by atoms with Gasteiger partial charge in [-0.15, -0.1) is 10.2 Å². The third-order valence-corrected chi connectivity index (χ3v) is 2.93. The second kappa shape index (κ2) is 4.71. The van der Waals surface area contributed by atoms with Crippen molar-refractivity contribution in [2.45, 2.75) is 0 Å². The van der Waals surface area contributed by atoms with Crippen LogP contribution in [0, 0.1) is 0 Å². The average molecular weight is 284 g/mol. The fraction of sp³-hybridized carbons (Fsp3) is 0. The number of aromatic hydroxyl groups is 2. The third kappa shape index (κ3) is 2.32. The molecule has 106 valence electrons. The highest BCUT2D eigenvalue weighted by molar-refractivity contribution is 5.70. The van der Waals surface area contributed by atoms with E-state index < -0.39 is 0 Å². The van der Waals surface area contributed by atoms with Crippen LogP contribution in [-0.2, 0) is 0 Å². The summed E-state index contributed by atoms with van der Waals surface area (Å²) in [4.78, 5) is 0. The second-order valence-electron chi connectivity index (χ2n) is 4.47. The first-order valence-corrected chi connectivity index (χ1v) is 6.06. The van der Waals surface area contributed by atoms with Crippen molar-refractivity contribution < 1.29 is 14.6 Å². The predicted octanol–water partition coefficient (Wildman–Crippen LogP) is 1.98. The normalized spacial score (nSPS) is 10.7. The molecule has 0 spiro atoms. The van der Waals surface area contributed by atoms with Crippen molar-refractivity contribution in [2.24, 2.45) is 0 Å². The Kier molecular flexibility index (Phi) is 2.87. The Morgan fingerprint density at radius 3 is 1.62 bits per heavy atom. The van der Waals surface area contributed by atoms with Crippen LogP contribution in [0.2, 0.25) is 0 Å². The van der Waals surface area contributed by atoms with E-state index in [-0.39, 0.29) is 23.3 Å². The maximum Gasteiger partial charge on any atom is 0.251 e. The van der Waals surface area contributed by atoms with Crippen molar-refractivity contribution in [3.8, 4) is 34.4 Å². The molecule has 0 fully saturated rings. The van der Waals surface area contributed by atoms with Crippen LogP contribution in [-0.4, -0.2) is 20.4 Å². The molecular weight excluding hydrogens is 272 g/mol. The largest absolute Gasteiger partial charge is 0.507 e. The van der Waals surface area contributed by atoms with Gasteiger partial charge < -0.3 is 26.1 Å². The summed E-state index contributed by atoms with van der Waals surface area (Å²) >= 11 is 0. The lowest BCUT2D eigenvalue weighted by atomic mass is 10.1. The maximum absolute atomic E-state index is 9.81. The van der Waals surface area contributed by atoms with Crippen LogP contribution >= 0.6 is 0 Å². The molecule has 1 aromatic heterocycles. The van der Waals surface area contributed by atoms with E-state index in [1.165, 1.54) is 24.3 Å². The Bertz CT molecular complexity index is 748. The molecule has 7 nitrogen and oxygen atoms in total. The van der Waals surface area contributed by atoms with E-state index in [9.17, 15) is 10.2 Å². The van der Waals surface area contributed by atoms with Crippen LogP contribution < -0.4 is 11.5 Å². The molecule has 0 aliphatic heterocycles. The van der Waals surface area contributed by atoms with Crippen LogP contribution in [0.4, 0.5) is 11.4 Å². The number of nitrogen functional groups attached to an aromatic ring is 2. The summed E-state index contributed by atoms with van der Waals surface area (Å²) in [5, 5.41) is 27.3. The maximum atomic E-state index is 9.81. The topological polar surface area (TPSA) is 131 Å². The number of benzene rings is 2. The number of hydrogen-bond donors (Lipinski definition) is 4. The quantitative estimate of drug-likeness (QED) is 0.418. The number of nitrogens with zero attached hydrogens (tertiary/aromatic N) is 2. The van der Waals surface area contributed by atoms with Gasteiger partial charge in [-0.05, 0) is 36.4 Å². The molecule has 0 radical (unpaired) electrons. The number of hydrogen-bond acceptors (Lipinski definition) is 7. The van der Waals surface area contributed by atoms with Crippen molar-refractivity contribution >= 4 is 11.4 Å². The van der Waals surface area contributed by atoms with E-state index in [2.05, 4.69) is 10.2 Å². The van der Waals surface area contributed by atoms with E-state index in [1.807, 2.05) is 0 Å². The van der Waals surface area contributed by atoms with Crippen molar-refractivity contribution in [3.63, 3.8) is 0 Å². The molecule has 7 heteroatoms. The zero-order valence-electron chi connectivity index (χ0n) is 10.8. The molecule has 0 saturated heterocycles. The monoisotopic (exact) mass is 284 g/mol. The zero-order valence-corrected chi connectivity index (χ0v) is 10.8. The number of anilines is 2. The van der Waals surface area contributed by atoms with Gasteiger partial charge in [-0.3, -0.25) is 0 Å². The van der Waals surface area contributed by atoms with Crippen LogP contribution in [0.15, 0.2) is 40.8 Å². The molecule has 0 aliphatic rings. The first kappa shape index (κ1) is 12.8. The summed E-state index contributed by atoms with van der Waals surface area (Å²) in [6, 6.07) is 9.02. The highest BCUT2D eigenvalue weighted by Crippen LogP contribution is 2.34. The number of rotatable bonds is 2. The third-order valence-electron chi connectivity index (χ3n) is 2.93. The average Bonchev–Trinajstić information content (AvgIpc) is 2.93. The molecule has 2 aromatic carbocycles. The minimum Gasteiger partial charge on any atom is -0.507 e. The van der Waals surface area contributed by atoms with E-state index in [1.54, 1.807) is 12.1 Å². The lowest BCUT2D eigenvalue weighted by molar-refractivity contribution is 0.470. The molecule has 0 saturated carbocycles. The van der Waals surface area contributed by atoms with E-state index >= 15 is 0 Å². The smallest absolute Gasteiger partial charge is 0.251 e. The lowest BCUT2D eigenvalue weighted by Gasteiger charge is -2.02. The van der Waals surface area contributed by atoms with Gasteiger partial charge in [0.1, 0.15) is 11.5 Å². The van der Waals surface area contributed by atoms with Gasteiger partial charge in [0.05, 0.1) is 11.1 Å². The summed E-state index contributed by atoms with van der Waals surface area (Å²) in [6.45, 7) is 0. The summed E-state index contributed by atoms with van der Waals surface area (Å²) in [6.07, 6.45) is 0. The number of phenolic OH excluding ortho intramolecular Hbond substituents is 2. The summed E-state index contributed by atoms with van der Waals surface area (Å²) in [5.41, 5.74) is 12.9. The Morgan fingerprint density at radius 1 is 0.762 bits per heavy atom. The van der Waals surface area contributed by atoms with Crippen molar-refractivity contribution in [2.75, 3.05) is 11.5 Å². The number of nitrogens with two attached hydrogens (primary N) is 2. The molecule has 0 atom stereocenters. The number of aromatic nitrogens is 2. The van der Waals surface area contributed by atoms with Crippen molar-refractivity contribution in [1.29, 1.82) is 0 Å². The Morgan fingerprint density at radius 2 is 1.19 bits per heavy atom. The van der Waals surface area contributed by atoms with Crippen LogP contribution in [0.3, 0.4) is 0 Å². The molecule has 1 heterocycles. The standard InChI is InChI=1S/C14H12N4O3/c15-7-1-3-11(19)9(5-7)13-17-18-14(21-13)10-6-8(16)2-4-12(10)20/h1-6,19-20H,15-16H2. The van der Waals surface area contributed by atoms with Crippen LogP contribution in [0.5, 0.6) is 11.5 Å². The summed E-state index contributed by atoms with van der Waals surface area (Å²) in [7, 11) is 0. The Balaban J connectivity index is 2.08. The van der Waals surface area contributed by atoms with E-state index in [4.69, 9.17) is 15.9 Å². The highest BCUT2D eigenvalue weighted by Gasteiger charge is 2.16. The summed E-state index contributed by atoms with van der Waals surface area (Å²) in [5.74, 6) is 0.126. The molecule has 3 aromatic rings. The van der Waals surface area contributed by atoms with Crippen molar-refractivity contribution in [3.05, 3.63) is 36.4 Å². The molecular formula is C14H12N4O3. The zero-order chi connectivity index (χ0) is 15.0. The van der Waals surface area contributed by atoms with Gasteiger partial charge in [-0.2, -0.15) is 0 Å². The van der Waals surface area contributed by atoms with E-state index in [0.29, 0.717) is 22.5 Å².